The first-order valence-corrected chi connectivity index (χ1v) is 6.58. The molecule has 19 heavy (non-hydrogen) atoms. The first kappa shape index (κ1) is 14.0. The van der Waals surface area contributed by atoms with Crippen LogP contribution in [0.25, 0.3) is 0 Å². The van der Waals surface area contributed by atoms with Gasteiger partial charge in [0.25, 0.3) is 5.91 Å². The molecular weight excluding hydrogens is 268 g/mol. The highest BCUT2D eigenvalue weighted by atomic mass is 35.5. The molecule has 1 aromatic rings. The predicted octanol–water partition coefficient (Wildman–Crippen LogP) is 1.60. The number of rotatable bonds is 4. The summed E-state index contributed by atoms with van der Waals surface area (Å²) in [4.78, 5) is 11.7. The molecular formula is C13H17ClN2O3. The van der Waals surface area contributed by atoms with Gasteiger partial charge in [0.2, 0.25) is 0 Å². The van der Waals surface area contributed by atoms with Gasteiger partial charge >= 0.3 is 0 Å². The van der Waals surface area contributed by atoms with Gasteiger partial charge in [0.1, 0.15) is 5.75 Å². The zero-order valence-electron chi connectivity index (χ0n) is 10.5. The summed E-state index contributed by atoms with van der Waals surface area (Å²) in [5.74, 6) is 0.313. The molecule has 0 atom stereocenters. The van der Waals surface area contributed by atoms with E-state index in [0.29, 0.717) is 29.7 Å². The smallest absolute Gasteiger partial charge is 0.258 e. The Kier molecular flexibility index (Phi) is 4.87. The maximum absolute atomic E-state index is 11.7. The summed E-state index contributed by atoms with van der Waals surface area (Å²) in [6.07, 6.45) is 1.68. The van der Waals surface area contributed by atoms with Crippen molar-refractivity contribution in [2.75, 3.05) is 25.6 Å². The Morgan fingerprint density at radius 2 is 2.21 bits per heavy atom. The Morgan fingerprint density at radius 1 is 1.47 bits per heavy atom. The zero-order valence-corrected chi connectivity index (χ0v) is 11.3. The monoisotopic (exact) mass is 284 g/mol. The number of anilines is 1. The second kappa shape index (κ2) is 6.63. The van der Waals surface area contributed by atoms with Crippen molar-refractivity contribution in [2.24, 2.45) is 0 Å². The molecule has 1 heterocycles. The van der Waals surface area contributed by atoms with Crippen molar-refractivity contribution in [2.45, 2.75) is 18.9 Å². The molecule has 0 radical (unpaired) electrons. The van der Waals surface area contributed by atoms with Gasteiger partial charge in [0.15, 0.2) is 6.61 Å². The Bertz CT molecular complexity index is 448. The van der Waals surface area contributed by atoms with Gasteiger partial charge in [-0.25, -0.2) is 0 Å². The first-order valence-electron chi connectivity index (χ1n) is 6.20. The van der Waals surface area contributed by atoms with Crippen molar-refractivity contribution >= 4 is 23.2 Å². The number of hydrogen-bond donors (Lipinski definition) is 2. The van der Waals surface area contributed by atoms with Crippen LogP contribution in [0.3, 0.4) is 0 Å². The molecule has 1 aliphatic heterocycles. The van der Waals surface area contributed by atoms with Crippen LogP contribution >= 0.6 is 11.6 Å². The molecule has 1 fully saturated rings. The lowest BCUT2D eigenvalue weighted by molar-refractivity contribution is -0.124. The molecule has 1 aromatic carbocycles. The Morgan fingerprint density at radius 3 is 2.89 bits per heavy atom. The molecule has 0 unspecified atom stereocenters. The highest BCUT2D eigenvalue weighted by Gasteiger charge is 2.16. The van der Waals surface area contributed by atoms with Gasteiger partial charge in [-0.2, -0.15) is 0 Å². The van der Waals surface area contributed by atoms with Crippen molar-refractivity contribution in [3.63, 3.8) is 0 Å². The number of hydrogen-bond acceptors (Lipinski definition) is 4. The van der Waals surface area contributed by atoms with Crippen LogP contribution in [0, 0.1) is 0 Å². The molecule has 2 rings (SSSR count). The van der Waals surface area contributed by atoms with E-state index in [0.717, 1.165) is 12.8 Å². The second-order valence-corrected chi connectivity index (χ2v) is 4.86. The summed E-state index contributed by atoms with van der Waals surface area (Å²) in [5.41, 5.74) is 6.16. The normalized spacial score (nSPS) is 16.1. The Hall–Kier alpha value is -1.46. The fraction of sp³-hybridized carbons (Fsp3) is 0.462. The van der Waals surface area contributed by atoms with Crippen LogP contribution in [0.15, 0.2) is 18.2 Å². The lowest BCUT2D eigenvalue weighted by Crippen LogP contribution is -2.41. The number of nitrogen functional groups attached to an aromatic ring is 1. The van der Waals surface area contributed by atoms with E-state index in [2.05, 4.69) is 5.32 Å². The molecule has 3 N–H and O–H groups in total. The fourth-order valence-electron chi connectivity index (χ4n) is 1.91. The molecule has 1 saturated heterocycles. The average molecular weight is 285 g/mol. The summed E-state index contributed by atoms with van der Waals surface area (Å²) in [7, 11) is 0. The van der Waals surface area contributed by atoms with E-state index in [4.69, 9.17) is 26.8 Å². The summed E-state index contributed by atoms with van der Waals surface area (Å²) in [6.45, 7) is 1.33. The number of carbonyl (C=O) groups excluding carboxylic acids is 1. The predicted molar refractivity (Wildman–Crippen MR) is 73.3 cm³/mol. The lowest BCUT2D eigenvalue weighted by Gasteiger charge is -2.23. The van der Waals surface area contributed by atoms with Gasteiger partial charge in [-0.3, -0.25) is 4.79 Å². The zero-order chi connectivity index (χ0) is 13.7. The number of benzene rings is 1. The van der Waals surface area contributed by atoms with Crippen molar-refractivity contribution in [1.29, 1.82) is 0 Å². The number of nitrogens with one attached hydrogen (secondary N) is 1. The average Bonchev–Trinajstić information content (AvgIpc) is 2.39. The largest absolute Gasteiger partial charge is 0.482 e. The quantitative estimate of drug-likeness (QED) is 0.824. The van der Waals surface area contributed by atoms with Crippen molar-refractivity contribution in [3.8, 4) is 5.75 Å². The Balaban J connectivity index is 1.79. The molecule has 0 aliphatic carbocycles. The van der Waals surface area contributed by atoms with Gasteiger partial charge in [-0.15, -0.1) is 0 Å². The van der Waals surface area contributed by atoms with Crippen molar-refractivity contribution in [3.05, 3.63) is 23.2 Å². The molecule has 104 valence electrons. The molecule has 0 spiro atoms. The third-order valence-electron chi connectivity index (χ3n) is 2.92. The van der Waals surface area contributed by atoms with Crippen LogP contribution in [-0.2, 0) is 9.53 Å². The summed E-state index contributed by atoms with van der Waals surface area (Å²) < 4.78 is 10.6. The number of nitrogens with two attached hydrogens (primary N) is 1. The molecule has 0 saturated carbocycles. The molecule has 1 amide bonds. The highest BCUT2D eigenvalue weighted by Crippen LogP contribution is 2.24. The van der Waals surface area contributed by atoms with E-state index in [1.165, 1.54) is 0 Å². The van der Waals surface area contributed by atoms with Crippen molar-refractivity contribution < 1.29 is 14.3 Å². The van der Waals surface area contributed by atoms with Crippen LogP contribution < -0.4 is 15.8 Å². The van der Waals surface area contributed by atoms with Crippen LogP contribution in [0.5, 0.6) is 5.75 Å². The van der Waals surface area contributed by atoms with Gasteiger partial charge in [-0.1, -0.05) is 11.6 Å². The minimum absolute atomic E-state index is 0.0524. The van der Waals surface area contributed by atoms with Gasteiger partial charge in [-0.05, 0) is 31.0 Å². The maximum Gasteiger partial charge on any atom is 0.258 e. The van der Waals surface area contributed by atoms with E-state index in [1.54, 1.807) is 18.2 Å². The number of amides is 1. The summed E-state index contributed by atoms with van der Waals surface area (Å²) in [5, 5.41) is 3.45. The maximum atomic E-state index is 11.7. The molecule has 1 aliphatic rings. The van der Waals surface area contributed by atoms with E-state index >= 15 is 0 Å². The van der Waals surface area contributed by atoms with E-state index in [1.807, 2.05) is 0 Å². The number of ether oxygens (including phenoxy) is 2. The molecule has 0 bridgehead atoms. The van der Waals surface area contributed by atoms with E-state index in [-0.39, 0.29) is 18.6 Å². The van der Waals surface area contributed by atoms with Gasteiger partial charge in [0.05, 0.1) is 5.69 Å². The second-order valence-electron chi connectivity index (χ2n) is 4.42. The topological polar surface area (TPSA) is 73.6 Å². The molecule has 6 heteroatoms. The van der Waals surface area contributed by atoms with E-state index in [9.17, 15) is 4.79 Å². The minimum atomic E-state index is -0.152. The molecule has 5 nitrogen and oxygen atoms in total. The summed E-state index contributed by atoms with van der Waals surface area (Å²) in [6, 6.07) is 5.09. The fourth-order valence-corrected chi connectivity index (χ4v) is 2.09. The third kappa shape index (κ3) is 4.29. The van der Waals surface area contributed by atoms with Crippen LogP contribution in [0.2, 0.25) is 5.02 Å². The van der Waals surface area contributed by atoms with Crippen molar-refractivity contribution in [1.82, 2.24) is 5.32 Å². The molecule has 0 aromatic heterocycles. The van der Waals surface area contributed by atoms with Crippen LogP contribution in [0.1, 0.15) is 12.8 Å². The SMILES string of the molecule is Nc1cc(Cl)ccc1OCC(=O)NC1CCOCC1. The first-order chi connectivity index (χ1) is 9.15. The lowest BCUT2D eigenvalue weighted by atomic mass is 10.1. The van der Waals surface area contributed by atoms with E-state index < -0.39 is 0 Å². The minimum Gasteiger partial charge on any atom is -0.482 e. The van der Waals surface area contributed by atoms with Crippen LogP contribution in [-0.4, -0.2) is 31.8 Å². The Labute approximate surface area is 117 Å². The highest BCUT2D eigenvalue weighted by molar-refractivity contribution is 6.30. The standard InChI is InChI=1S/C13H17ClN2O3/c14-9-1-2-12(11(15)7-9)19-8-13(17)16-10-3-5-18-6-4-10/h1-2,7,10H,3-6,8,15H2,(H,16,17). The third-order valence-corrected chi connectivity index (χ3v) is 3.15. The summed E-state index contributed by atoms with van der Waals surface area (Å²) >= 11 is 5.78. The van der Waals surface area contributed by atoms with Crippen LogP contribution in [0.4, 0.5) is 5.69 Å². The van der Waals surface area contributed by atoms with Gasteiger partial charge < -0.3 is 20.5 Å². The number of halogens is 1. The van der Waals surface area contributed by atoms with Gasteiger partial charge in [0, 0.05) is 24.3 Å². The number of carbonyl (C=O) groups is 1.